The molecule has 9 nitrogen and oxygen atoms in total. The van der Waals surface area contributed by atoms with Crippen molar-refractivity contribution in [1.29, 1.82) is 0 Å². The molecule has 0 amide bonds. The second kappa shape index (κ2) is 8.60. The number of benzene rings is 1. The van der Waals surface area contributed by atoms with E-state index in [1.165, 1.54) is 31.4 Å². The molecule has 1 aromatic carbocycles. The van der Waals surface area contributed by atoms with Crippen LogP contribution in [0.1, 0.15) is 42.1 Å². The second-order valence-corrected chi connectivity index (χ2v) is 7.58. The van der Waals surface area contributed by atoms with E-state index < -0.39 is 5.66 Å². The molecule has 0 saturated heterocycles. The van der Waals surface area contributed by atoms with Crippen molar-refractivity contribution in [3.8, 4) is 0 Å². The van der Waals surface area contributed by atoms with Crippen molar-refractivity contribution in [2.75, 3.05) is 0 Å². The Morgan fingerprint density at radius 3 is 2.90 bits per heavy atom. The number of rotatable bonds is 4. The highest BCUT2D eigenvalue weighted by Gasteiger charge is 2.32. The largest absolute Gasteiger partial charge is 0.483 e. The highest BCUT2D eigenvalue weighted by molar-refractivity contribution is 5.85. The van der Waals surface area contributed by atoms with E-state index in [9.17, 15) is 4.39 Å². The number of guanidine groups is 1. The first-order chi connectivity index (χ1) is 15.0. The van der Waals surface area contributed by atoms with E-state index in [2.05, 4.69) is 30.8 Å². The number of hydrogen-bond acceptors (Lipinski definition) is 4. The molecule has 2 aromatic heterocycles. The molecule has 1 unspecified atom stereocenters. The smallest absolute Gasteiger partial charge is 0.290 e. The van der Waals surface area contributed by atoms with Gasteiger partial charge in [-0.05, 0) is 48.7 Å². The van der Waals surface area contributed by atoms with Gasteiger partial charge < -0.3 is 26.5 Å². The summed E-state index contributed by atoms with van der Waals surface area (Å²) in [7, 11) is 0. The number of nitrogens with two attached hydrogens (primary N) is 1. The number of nitrogens with zero attached hydrogens (tertiary/aromatic N) is 2. The van der Waals surface area contributed by atoms with E-state index in [0.29, 0.717) is 18.4 Å². The topological polar surface area (TPSA) is 144 Å². The van der Waals surface area contributed by atoms with Crippen LogP contribution in [0.5, 0.6) is 0 Å². The van der Waals surface area contributed by atoms with Gasteiger partial charge in [-0.25, -0.2) is 9.38 Å². The maximum Gasteiger partial charge on any atom is 0.290 e. The van der Waals surface area contributed by atoms with Crippen LogP contribution in [0.4, 0.5) is 4.39 Å². The van der Waals surface area contributed by atoms with E-state index in [4.69, 9.17) is 15.6 Å². The van der Waals surface area contributed by atoms with Gasteiger partial charge in [0.15, 0.2) is 11.6 Å². The maximum atomic E-state index is 13.8. The number of H-pyrrole nitrogens is 2. The highest BCUT2D eigenvalue weighted by atomic mass is 19.1. The Kier molecular flexibility index (Phi) is 5.72. The molecule has 0 spiro atoms. The Labute approximate surface area is 177 Å². The fourth-order valence-electron chi connectivity index (χ4n) is 3.74. The van der Waals surface area contributed by atoms with Crippen molar-refractivity contribution in [2.24, 2.45) is 10.7 Å². The summed E-state index contributed by atoms with van der Waals surface area (Å²) in [6, 6.07) is 6.94. The summed E-state index contributed by atoms with van der Waals surface area (Å²) in [5.41, 5.74) is 9.01. The van der Waals surface area contributed by atoms with Gasteiger partial charge in [0.25, 0.3) is 6.47 Å². The monoisotopic (exact) mass is 425 g/mol. The van der Waals surface area contributed by atoms with Crippen molar-refractivity contribution >= 4 is 23.3 Å². The Bertz CT molecular complexity index is 1130. The van der Waals surface area contributed by atoms with Crippen LogP contribution < -0.4 is 16.4 Å². The Morgan fingerprint density at radius 1 is 1.35 bits per heavy atom. The molecule has 1 aliphatic carbocycles. The number of hydrogen-bond donors (Lipinski definition) is 6. The molecule has 3 aromatic rings. The Balaban J connectivity index is 0.000000730. The van der Waals surface area contributed by atoms with Crippen LogP contribution in [-0.2, 0) is 17.0 Å². The van der Waals surface area contributed by atoms with E-state index in [-0.39, 0.29) is 12.3 Å². The van der Waals surface area contributed by atoms with E-state index in [1.54, 1.807) is 12.4 Å². The minimum atomic E-state index is -0.950. The number of carbonyl (C=O) groups is 1. The minimum absolute atomic E-state index is 0.250. The first kappa shape index (κ1) is 20.6. The third-order valence-corrected chi connectivity index (χ3v) is 5.58. The Hall–Kier alpha value is -3.66. The number of fused-ring (bicyclic) bond motifs is 1. The van der Waals surface area contributed by atoms with Gasteiger partial charge in [-0.2, -0.15) is 5.10 Å². The van der Waals surface area contributed by atoms with Gasteiger partial charge in [0.2, 0.25) is 0 Å². The molecule has 1 aliphatic heterocycles. The third kappa shape index (κ3) is 4.29. The molecular weight excluding hydrogens is 401 g/mol. The van der Waals surface area contributed by atoms with E-state index in [1.807, 2.05) is 18.2 Å². The average Bonchev–Trinajstić information content (AvgIpc) is 3.35. The lowest BCUT2D eigenvalue weighted by Gasteiger charge is -2.30. The predicted octanol–water partition coefficient (Wildman–Crippen LogP) is 2.37. The van der Waals surface area contributed by atoms with Crippen LogP contribution >= 0.6 is 0 Å². The standard InChI is InChI=1S/C20H22FN7.CH2O2/c21-14-8-13(15-4-6-23-17(15)9-14)11-25-19-24-7-5-20(22,26-19)18-10-16(27-28-18)12-2-1-3-12;2-1-3/h4-10,12,23H,1-3,11,22H2,(H,27,28)(H2,24,25,26);1H,(H,2,3). The summed E-state index contributed by atoms with van der Waals surface area (Å²) in [4.78, 5) is 16.0. The van der Waals surface area contributed by atoms with Crippen molar-refractivity contribution in [3.05, 3.63) is 65.5 Å². The van der Waals surface area contributed by atoms with Crippen LogP contribution in [0.2, 0.25) is 0 Å². The van der Waals surface area contributed by atoms with Crippen molar-refractivity contribution in [3.63, 3.8) is 0 Å². The van der Waals surface area contributed by atoms with E-state index in [0.717, 1.165) is 27.9 Å². The van der Waals surface area contributed by atoms with Crippen LogP contribution in [0.25, 0.3) is 10.9 Å². The maximum absolute atomic E-state index is 13.8. The molecule has 0 bridgehead atoms. The first-order valence-corrected chi connectivity index (χ1v) is 9.97. The van der Waals surface area contributed by atoms with E-state index >= 15 is 0 Å². The molecule has 5 rings (SSSR count). The van der Waals surface area contributed by atoms with Crippen LogP contribution in [0, 0.1) is 5.82 Å². The second-order valence-electron chi connectivity index (χ2n) is 7.58. The summed E-state index contributed by atoms with van der Waals surface area (Å²) >= 11 is 0. The molecule has 2 aliphatic rings. The molecule has 31 heavy (non-hydrogen) atoms. The number of aromatic amines is 2. The van der Waals surface area contributed by atoms with Gasteiger partial charge in [0, 0.05) is 34.9 Å². The van der Waals surface area contributed by atoms with Crippen molar-refractivity contribution < 1.29 is 14.3 Å². The van der Waals surface area contributed by atoms with Gasteiger partial charge in [-0.15, -0.1) is 0 Å². The molecule has 1 fully saturated rings. The van der Waals surface area contributed by atoms with Gasteiger partial charge >= 0.3 is 0 Å². The molecule has 3 heterocycles. The molecular formula is C21H24FN7O2. The highest BCUT2D eigenvalue weighted by Crippen LogP contribution is 2.36. The minimum Gasteiger partial charge on any atom is -0.483 e. The lowest BCUT2D eigenvalue weighted by molar-refractivity contribution is -0.122. The number of halogens is 1. The Morgan fingerprint density at radius 2 is 2.16 bits per heavy atom. The molecule has 7 N–H and O–H groups in total. The van der Waals surface area contributed by atoms with Crippen molar-refractivity contribution in [1.82, 2.24) is 25.8 Å². The molecule has 1 atom stereocenters. The summed E-state index contributed by atoms with van der Waals surface area (Å²) in [6.07, 6.45) is 9.02. The van der Waals surface area contributed by atoms with Gasteiger partial charge in [-0.3, -0.25) is 9.89 Å². The predicted molar refractivity (Wildman–Crippen MR) is 115 cm³/mol. The van der Waals surface area contributed by atoms with Gasteiger partial charge in [0.1, 0.15) is 11.5 Å². The summed E-state index contributed by atoms with van der Waals surface area (Å²) in [5.74, 6) is 0.786. The zero-order valence-electron chi connectivity index (χ0n) is 16.7. The number of aliphatic imine (C=N–C) groups is 1. The van der Waals surface area contributed by atoms with Gasteiger partial charge in [0.05, 0.1) is 6.54 Å². The third-order valence-electron chi connectivity index (χ3n) is 5.58. The van der Waals surface area contributed by atoms with Crippen LogP contribution in [0.3, 0.4) is 0 Å². The summed E-state index contributed by atoms with van der Waals surface area (Å²) < 4.78 is 13.8. The lowest BCUT2D eigenvalue weighted by Crippen LogP contribution is -2.57. The summed E-state index contributed by atoms with van der Waals surface area (Å²) in [5, 5.41) is 21.6. The van der Waals surface area contributed by atoms with Crippen molar-refractivity contribution in [2.45, 2.75) is 37.4 Å². The van der Waals surface area contributed by atoms with Gasteiger partial charge in [-0.1, -0.05) is 6.42 Å². The molecule has 1 saturated carbocycles. The molecule has 162 valence electrons. The quantitative estimate of drug-likeness (QED) is 0.354. The zero-order valence-corrected chi connectivity index (χ0v) is 16.7. The van der Waals surface area contributed by atoms with Crippen LogP contribution in [-0.4, -0.2) is 32.7 Å². The zero-order chi connectivity index (χ0) is 21.8. The molecule has 10 heteroatoms. The lowest BCUT2D eigenvalue weighted by atomic mass is 9.83. The molecule has 0 radical (unpaired) electrons. The van der Waals surface area contributed by atoms with Crippen LogP contribution in [0.15, 0.2) is 47.7 Å². The number of carboxylic acid groups (broad SMARTS) is 1. The average molecular weight is 425 g/mol. The summed E-state index contributed by atoms with van der Waals surface area (Å²) in [6.45, 7) is 0.0687. The SMILES string of the molecule is NC1(c2cc(C3CCC3)[nH]n2)C=CNC(=NCc2cc(F)cc3[nH]ccc23)N1.O=CO. The number of aromatic nitrogens is 3. The normalized spacial score (nSPS) is 21.7. The first-order valence-electron chi connectivity index (χ1n) is 9.97. The fourth-order valence-corrected chi connectivity index (χ4v) is 3.74. The number of nitrogens with one attached hydrogen (secondary N) is 4. The fraction of sp³-hybridized carbons (Fsp3) is 0.286.